The number of amides is 1. The molecule has 0 fully saturated rings. The van der Waals surface area contributed by atoms with Gasteiger partial charge in [-0.25, -0.2) is 10.8 Å². The number of nitrogens with one attached hydrogen (secondary N) is 2. The van der Waals surface area contributed by atoms with E-state index in [1.165, 1.54) is 0 Å². The van der Waals surface area contributed by atoms with Gasteiger partial charge in [0, 0.05) is 6.54 Å². The van der Waals surface area contributed by atoms with E-state index in [-0.39, 0.29) is 6.61 Å². The normalized spacial score (nSPS) is 11.1. The molecule has 0 aliphatic heterocycles. The lowest BCUT2D eigenvalue weighted by Gasteiger charge is -2.06. The first-order valence-corrected chi connectivity index (χ1v) is 4.31. The lowest BCUT2D eigenvalue weighted by molar-refractivity contribution is -0.122. The largest absolute Gasteiger partial charge is 0.370 e. The fraction of sp³-hybridized carbons (Fsp3) is 0.714. The third-order valence-electron chi connectivity index (χ3n) is 1.23. The molecule has 0 saturated carbocycles. The molecule has 6 N–H and O–H groups in total. The maximum atomic E-state index is 10.3. The van der Waals surface area contributed by atoms with Crippen LogP contribution in [0.5, 0.6) is 0 Å². The molecule has 7 nitrogen and oxygen atoms in total. The average Bonchev–Trinajstić information content (AvgIpc) is 2.15. The number of ether oxygens (including phenoxy) is 1. The van der Waals surface area contributed by atoms with Crippen molar-refractivity contribution in [3.05, 3.63) is 0 Å². The molecule has 0 heterocycles. The summed E-state index contributed by atoms with van der Waals surface area (Å²) in [5.74, 6) is 5.17. The molecule has 1 amide bonds. The molecule has 0 atom stereocenters. The predicted octanol–water partition coefficient (Wildman–Crippen LogP) is -2.08. The monoisotopic (exact) mass is 203 g/mol. The number of nitrogens with two attached hydrogens (primary N) is 2. The summed E-state index contributed by atoms with van der Waals surface area (Å²) in [5.41, 5.74) is 7.26. The average molecular weight is 203 g/mol. The zero-order valence-electron chi connectivity index (χ0n) is 8.25. The van der Waals surface area contributed by atoms with E-state index in [4.69, 9.17) is 16.3 Å². The van der Waals surface area contributed by atoms with Crippen molar-refractivity contribution in [2.45, 2.75) is 6.92 Å². The van der Waals surface area contributed by atoms with Crippen LogP contribution in [-0.4, -0.2) is 38.2 Å². The maximum absolute atomic E-state index is 10.3. The summed E-state index contributed by atoms with van der Waals surface area (Å²) in [6, 6.07) is 0. The van der Waals surface area contributed by atoms with Gasteiger partial charge in [0.05, 0.1) is 13.2 Å². The van der Waals surface area contributed by atoms with E-state index in [2.05, 4.69) is 15.7 Å². The SMILES string of the molecule is CCNC(=NCCOCC(N)=O)NN. The van der Waals surface area contributed by atoms with Crippen molar-refractivity contribution in [1.82, 2.24) is 10.7 Å². The van der Waals surface area contributed by atoms with Gasteiger partial charge in [-0.1, -0.05) is 0 Å². The Hall–Kier alpha value is -1.34. The minimum atomic E-state index is -0.488. The smallest absolute Gasteiger partial charge is 0.243 e. The Labute approximate surface area is 82.8 Å². The van der Waals surface area contributed by atoms with Crippen LogP contribution in [0.3, 0.4) is 0 Å². The molecular weight excluding hydrogens is 186 g/mol. The van der Waals surface area contributed by atoms with Crippen molar-refractivity contribution in [3.63, 3.8) is 0 Å². The lowest BCUT2D eigenvalue weighted by Crippen LogP contribution is -2.41. The first kappa shape index (κ1) is 12.7. The van der Waals surface area contributed by atoms with Crippen molar-refractivity contribution in [3.8, 4) is 0 Å². The number of primary amides is 1. The van der Waals surface area contributed by atoms with Gasteiger partial charge in [0.25, 0.3) is 0 Å². The summed E-state index contributed by atoms with van der Waals surface area (Å²) >= 11 is 0. The third kappa shape index (κ3) is 7.32. The van der Waals surface area contributed by atoms with Crippen molar-refractivity contribution >= 4 is 11.9 Å². The van der Waals surface area contributed by atoms with Gasteiger partial charge < -0.3 is 15.8 Å². The Morgan fingerprint density at radius 2 is 2.29 bits per heavy atom. The van der Waals surface area contributed by atoms with Crippen LogP contribution in [0, 0.1) is 0 Å². The third-order valence-corrected chi connectivity index (χ3v) is 1.23. The first-order chi connectivity index (χ1) is 6.70. The molecule has 0 aromatic rings. The number of guanidine groups is 1. The molecule has 0 bridgehead atoms. The fourth-order valence-corrected chi connectivity index (χ4v) is 0.715. The van der Waals surface area contributed by atoms with Crippen LogP contribution in [0.1, 0.15) is 6.92 Å². The molecular formula is C7H17N5O2. The number of carbonyl (C=O) groups excluding carboxylic acids is 1. The quantitative estimate of drug-likeness (QED) is 0.130. The van der Waals surface area contributed by atoms with Crippen LogP contribution in [0.2, 0.25) is 0 Å². The second-order valence-electron chi connectivity index (χ2n) is 2.42. The van der Waals surface area contributed by atoms with Crippen molar-refractivity contribution < 1.29 is 9.53 Å². The zero-order valence-corrected chi connectivity index (χ0v) is 8.25. The van der Waals surface area contributed by atoms with E-state index >= 15 is 0 Å². The number of carbonyl (C=O) groups is 1. The summed E-state index contributed by atoms with van der Waals surface area (Å²) in [6.45, 7) is 3.32. The summed E-state index contributed by atoms with van der Waals surface area (Å²) in [4.78, 5) is 14.3. The highest BCUT2D eigenvalue weighted by Crippen LogP contribution is 1.76. The first-order valence-electron chi connectivity index (χ1n) is 4.31. The topological polar surface area (TPSA) is 115 Å². The van der Waals surface area contributed by atoms with Crippen LogP contribution in [0.15, 0.2) is 4.99 Å². The second kappa shape index (κ2) is 8.27. The molecule has 0 aromatic carbocycles. The molecule has 0 radical (unpaired) electrons. The number of nitrogens with zero attached hydrogens (tertiary/aromatic N) is 1. The Balaban J connectivity index is 3.52. The Kier molecular flexibility index (Phi) is 7.48. The highest BCUT2D eigenvalue weighted by Gasteiger charge is 1.94. The van der Waals surface area contributed by atoms with Gasteiger partial charge in [0.1, 0.15) is 6.61 Å². The highest BCUT2D eigenvalue weighted by molar-refractivity contribution is 5.79. The molecule has 0 aliphatic carbocycles. The molecule has 0 spiro atoms. The summed E-state index contributed by atoms with van der Waals surface area (Å²) in [5, 5.41) is 2.90. The van der Waals surface area contributed by atoms with E-state index < -0.39 is 5.91 Å². The summed E-state index contributed by atoms with van der Waals surface area (Å²) in [7, 11) is 0. The van der Waals surface area contributed by atoms with Gasteiger partial charge in [-0.15, -0.1) is 0 Å². The summed E-state index contributed by atoms with van der Waals surface area (Å²) < 4.78 is 4.89. The number of hydrogen-bond donors (Lipinski definition) is 4. The van der Waals surface area contributed by atoms with E-state index in [0.29, 0.717) is 19.1 Å². The van der Waals surface area contributed by atoms with Crippen LogP contribution in [0.4, 0.5) is 0 Å². The minimum absolute atomic E-state index is 0.0812. The minimum Gasteiger partial charge on any atom is -0.370 e. The van der Waals surface area contributed by atoms with Gasteiger partial charge in [-0.3, -0.25) is 10.2 Å². The van der Waals surface area contributed by atoms with Crippen LogP contribution in [0.25, 0.3) is 0 Å². The molecule has 7 heteroatoms. The van der Waals surface area contributed by atoms with E-state index in [1.54, 1.807) is 0 Å². The van der Waals surface area contributed by atoms with Gasteiger partial charge >= 0.3 is 0 Å². The summed E-state index contributed by atoms with van der Waals surface area (Å²) in [6.07, 6.45) is 0. The lowest BCUT2D eigenvalue weighted by atomic mass is 10.6. The number of aliphatic imine (C=N–C) groups is 1. The van der Waals surface area contributed by atoms with E-state index in [1.807, 2.05) is 6.92 Å². The van der Waals surface area contributed by atoms with Crippen LogP contribution in [-0.2, 0) is 9.53 Å². The second-order valence-corrected chi connectivity index (χ2v) is 2.42. The van der Waals surface area contributed by atoms with Gasteiger partial charge in [-0.2, -0.15) is 0 Å². The molecule has 14 heavy (non-hydrogen) atoms. The van der Waals surface area contributed by atoms with Crippen molar-refractivity contribution in [2.75, 3.05) is 26.3 Å². The standard InChI is InChI=1S/C7H17N5O2/c1-2-10-7(12-9)11-3-4-14-5-6(8)13/h2-5,9H2,1H3,(H2,8,13)(H2,10,11,12). The van der Waals surface area contributed by atoms with Gasteiger partial charge in [0.15, 0.2) is 0 Å². The number of hydrazine groups is 1. The van der Waals surface area contributed by atoms with Crippen molar-refractivity contribution in [1.29, 1.82) is 0 Å². The molecule has 0 aromatic heterocycles. The molecule has 0 unspecified atom stereocenters. The fourth-order valence-electron chi connectivity index (χ4n) is 0.715. The molecule has 82 valence electrons. The van der Waals surface area contributed by atoms with Gasteiger partial charge in [-0.05, 0) is 6.92 Å². The van der Waals surface area contributed by atoms with Crippen LogP contribution >= 0.6 is 0 Å². The Morgan fingerprint density at radius 1 is 1.57 bits per heavy atom. The molecule has 0 aliphatic rings. The number of rotatable bonds is 6. The van der Waals surface area contributed by atoms with E-state index in [0.717, 1.165) is 6.54 Å². The Morgan fingerprint density at radius 3 is 2.79 bits per heavy atom. The maximum Gasteiger partial charge on any atom is 0.243 e. The van der Waals surface area contributed by atoms with E-state index in [9.17, 15) is 4.79 Å². The van der Waals surface area contributed by atoms with Crippen molar-refractivity contribution in [2.24, 2.45) is 16.6 Å². The van der Waals surface area contributed by atoms with Crippen LogP contribution < -0.4 is 22.3 Å². The number of hydrogen-bond acceptors (Lipinski definition) is 4. The zero-order chi connectivity index (χ0) is 10.8. The van der Waals surface area contributed by atoms with Gasteiger partial charge in [0.2, 0.25) is 11.9 Å². The molecule has 0 saturated heterocycles. The molecule has 0 rings (SSSR count). The Bertz CT molecular complexity index is 195. The predicted molar refractivity (Wildman–Crippen MR) is 53.3 cm³/mol. The highest BCUT2D eigenvalue weighted by atomic mass is 16.5.